The number of phenols is 1. The molecule has 0 atom stereocenters. The molecule has 0 fully saturated rings. The summed E-state index contributed by atoms with van der Waals surface area (Å²) >= 11 is 0. The highest BCUT2D eigenvalue weighted by molar-refractivity contribution is 6.14. The van der Waals surface area contributed by atoms with Gasteiger partial charge in [0.15, 0.2) is 0 Å². The Morgan fingerprint density at radius 3 is 2.43 bits per heavy atom. The molecule has 0 bridgehead atoms. The van der Waals surface area contributed by atoms with Crippen molar-refractivity contribution in [2.24, 2.45) is 5.10 Å². The Bertz CT molecular complexity index is 1110. The van der Waals surface area contributed by atoms with Crippen LogP contribution in [-0.4, -0.2) is 20.6 Å². The number of para-hydroxylation sites is 2. The molecule has 0 aliphatic rings. The third kappa shape index (κ3) is 3.76. The summed E-state index contributed by atoms with van der Waals surface area (Å²) in [4.78, 5) is 0. The number of halogens is 1. The van der Waals surface area contributed by atoms with Crippen molar-refractivity contribution in [3.63, 3.8) is 0 Å². The van der Waals surface area contributed by atoms with Gasteiger partial charge in [-0.25, -0.2) is 9.07 Å². The first-order valence-corrected chi connectivity index (χ1v) is 8.69. The molecule has 0 saturated heterocycles. The molecule has 4 aromatic rings. The van der Waals surface area contributed by atoms with Gasteiger partial charge in [0, 0.05) is 17.3 Å². The maximum Gasteiger partial charge on any atom is 0.125 e. The van der Waals surface area contributed by atoms with Crippen molar-refractivity contribution < 1.29 is 9.50 Å². The molecule has 138 valence electrons. The lowest BCUT2D eigenvalue weighted by atomic mass is 10.0. The maximum atomic E-state index is 13.8. The van der Waals surface area contributed by atoms with Gasteiger partial charge >= 0.3 is 0 Å². The zero-order valence-corrected chi connectivity index (χ0v) is 14.8. The first kappa shape index (κ1) is 17.5. The Hall–Kier alpha value is -3.93. The molecule has 0 spiro atoms. The van der Waals surface area contributed by atoms with E-state index in [4.69, 9.17) is 0 Å². The third-order valence-electron chi connectivity index (χ3n) is 4.16. The molecule has 2 N–H and O–H groups in total. The van der Waals surface area contributed by atoms with Crippen LogP contribution in [0, 0.1) is 5.82 Å². The lowest BCUT2D eigenvalue weighted by molar-refractivity contribution is 0.472. The fourth-order valence-electron chi connectivity index (χ4n) is 2.78. The van der Waals surface area contributed by atoms with Crippen molar-refractivity contribution in [2.45, 2.75) is 0 Å². The van der Waals surface area contributed by atoms with Crippen molar-refractivity contribution in [1.29, 1.82) is 0 Å². The summed E-state index contributed by atoms with van der Waals surface area (Å²) in [6, 6.07) is 22.8. The first-order chi connectivity index (χ1) is 13.7. The van der Waals surface area contributed by atoms with Gasteiger partial charge in [0.25, 0.3) is 0 Å². The van der Waals surface area contributed by atoms with Crippen LogP contribution in [-0.2, 0) is 0 Å². The van der Waals surface area contributed by atoms with Crippen molar-refractivity contribution in [3.05, 3.63) is 108 Å². The van der Waals surface area contributed by atoms with E-state index in [2.05, 4.69) is 15.6 Å². The van der Waals surface area contributed by atoms with E-state index in [1.54, 1.807) is 17.1 Å². The maximum absolute atomic E-state index is 13.8. The van der Waals surface area contributed by atoms with Gasteiger partial charge in [-0.2, -0.15) is 10.2 Å². The van der Waals surface area contributed by atoms with Gasteiger partial charge in [-0.15, -0.1) is 0 Å². The van der Waals surface area contributed by atoms with E-state index in [9.17, 15) is 9.50 Å². The molecule has 28 heavy (non-hydrogen) atoms. The molecule has 3 aromatic carbocycles. The Balaban J connectivity index is 1.77. The van der Waals surface area contributed by atoms with Crippen LogP contribution in [0.4, 0.5) is 10.1 Å². The molecule has 0 amide bonds. The summed E-state index contributed by atoms with van der Waals surface area (Å²) in [5, 5.41) is 19.1. The fourth-order valence-corrected chi connectivity index (χ4v) is 2.78. The van der Waals surface area contributed by atoms with Crippen LogP contribution in [0.5, 0.6) is 5.75 Å². The van der Waals surface area contributed by atoms with Gasteiger partial charge in [-0.3, -0.25) is 5.43 Å². The van der Waals surface area contributed by atoms with Crippen LogP contribution in [0.1, 0.15) is 11.1 Å². The number of aromatic hydroxyl groups is 1. The van der Waals surface area contributed by atoms with E-state index in [1.807, 2.05) is 60.7 Å². The third-order valence-corrected chi connectivity index (χ3v) is 4.16. The molecule has 6 heteroatoms. The average Bonchev–Trinajstić information content (AvgIpc) is 3.22. The molecule has 4 rings (SSSR count). The van der Waals surface area contributed by atoms with Crippen LogP contribution >= 0.6 is 0 Å². The summed E-state index contributed by atoms with van der Waals surface area (Å²) in [5.41, 5.74) is 5.89. The highest BCUT2D eigenvalue weighted by atomic mass is 19.1. The summed E-state index contributed by atoms with van der Waals surface area (Å²) in [5.74, 6) is -0.530. The quantitative estimate of drug-likeness (QED) is 0.398. The van der Waals surface area contributed by atoms with Gasteiger partial charge in [-0.05, 0) is 42.5 Å². The van der Waals surface area contributed by atoms with E-state index in [0.717, 1.165) is 11.4 Å². The van der Waals surface area contributed by atoms with Crippen LogP contribution in [0.15, 0.2) is 96.4 Å². The SMILES string of the molecule is Oc1ccc(F)cc1/C(=N/Nc1ccccc1)c1cnn(-c2ccccc2)c1. The van der Waals surface area contributed by atoms with Crippen molar-refractivity contribution in [1.82, 2.24) is 9.78 Å². The summed E-state index contributed by atoms with van der Waals surface area (Å²) in [6.45, 7) is 0. The van der Waals surface area contributed by atoms with Gasteiger partial charge in [-0.1, -0.05) is 36.4 Å². The average molecular weight is 372 g/mol. The largest absolute Gasteiger partial charge is 0.507 e. The molecular formula is C22H17FN4O. The Labute approximate surface area is 161 Å². The fraction of sp³-hybridized carbons (Fsp3) is 0. The number of anilines is 1. The molecule has 5 nitrogen and oxygen atoms in total. The normalized spacial score (nSPS) is 11.4. The van der Waals surface area contributed by atoms with Crippen molar-refractivity contribution in [3.8, 4) is 11.4 Å². The standard InChI is InChI=1S/C22H17FN4O/c23-17-11-12-21(28)20(13-17)22(26-25-18-7-3-1-4-8-18)16-14-24-27(15-16)19-9-5-2-6-10-19/h1-15,25,28H/b26-22+. The predicted octanol–water partition coefficient (Wildman–Crippen LogP) is 4.58. The highest BCUT2D eigenvalue weighted by Crippen LogP contribution is 2.23. The summed E-state index contributed by atoms with van der Waals surface area (Å²) in [6.07, 6.45) is 3.41. The number of nitrogens with one attached hydrogen (secondary N) is 1. The highest BCUT2D eigenvalue weighted by Gasteiger charge is 2.16. The van der Waals surface area contributed by atoms with Crippen LogP contribution in [0.3, 0.4) is 0 Å². The van der Waals surface area contributed by atoms with Crippen molar-refractivity contribution >= 4 is 11.4 Å². The second-order valence-corrected chi connectivity index (χ2v) is 6.11. The second-order valence-electron chi connectivity index (χ2n) is 6.11. The van der Waals surface area contributed by atoms with Gasteiger partial charge < -0.3 is 5.11 Å². The van der Waals surface area contributed by atoms with E-state index in [-0.39, 0.29) is 11.3 Å². The minimum Gasteiger partial charge on any atom is -0.507 e. The Kier molecular flexibility index (Phi) is 4.84. The lowest BCUT2D eigenvalue weighted by Crippen LogP contribution is -2.07. The van der Waals surface area contributed by atoms with Crippen molar-refractivity contribution in [2.75, 3.05) is 5.43 Å². The smallest absolute Gasteiger partial charge is 0.125 e. The number of nitrogens with zero attached hydrogens (tertiary/aromatic N) is 3. The number of phenolic OH excluding ortho intramolecular Hbond substituents is 1. The van der Waals surface area contributed by atoms with E-state index < -0.39 is 5.82 Å². The topological polar surface area (TPSA) is 62.4 Å². The molecule has 0 saturated carbocycles. The van der Waals surface area contributed by atoms with Crippen LogP contribution < -0.4 is 5.43 Å². The zero-order chi connectivity index (χ0) is 19.3. The number of aromatic nitrogens is 2. The van der Waals surface area contributed by atoms with E-state index >= 15 is 0 Å². The minimum atomic E-state index is -0.462. The molecule has 0 radical (unpaired) electrons. The number of benzene rings is 3. The number of hydrogen-bond acceptors (Lipinski definition) is 4. The van der Waals surface area contributed by atoms with Gasteiger partial charge in [0.2, 0.25) is 0 Å². The summed E-state index contributed by atoms with van der Waals surface area (Å²) < 4.78 is 15.5. The molecule has 0 unspecified atom stereocenters. The molecule has 0 aliphatic heterocycles. The van der Waals surface area contributed by atoms with E-state index in [1.165, 1.54) is 18.2 Å². The number of rotatable bonds is 5. The van der Waals surface area contributed by atoms with Crippen LogP contribution in [0.25, 0.3) is 5.69 Å². The summed E-state index contributed by atoms with van der Waals surface area (Å²) in [7, 11) is 0. The number of hydrogen-bond donors (Lipinski definition) is 2. The zero-order valence-electron chi connectivity index (χ0n) is 14.8. The number of hydrazone groups is 1. The van der Waals surface area contributed by atoms with E-state index in [0.29, 0.717) is 11.3 Å². The minimum absolute atomic E-state index is 0.0672. The van der Waals surface area contributed by atoms with Crippen LogP contribution in [0.2, 0.25) is 0 Å². The monoisotopic (exact) mass is 372 g/mol. The molecule has 0 aliphatic carbocycles. The lowest BCUT2D eigenvalue weighted by Gasteiger charge is -2.09. The molecular weight excluding hydrogens is 355 g/mol. The van der Waals surface area contributed by atoms with Gasteiger partial charge in [0.1, 0.15) is 17.3 Å². The Morgan fingerprint density at radius 1 is 0.964 bits per heavy atom. The van der Waals surface area contributed by atoms with Gasteiger partial charge in [0.05, 0.1) is 17.6 Å². The predicted molar refractivity (Wildman–Crippen MR) is 107 cm³/mol. The second kappa shape index (κ2) is 7.75. The first-order valence-electron chi connectivity index (χ1n) is 8.69. The molecule has 1 heterocycles. The Morgan fingerprint density at radius 2 is 1.68 bits per heavy atom. The molecule has 1 aromatic heterocycles.